The number of nitrogens with zero attached hydrogens (tertiary/aromatic N) is 2. The molecule has 0 radical (unpaired) electrons. The van der Waals surface area contributed by atoms with Gasteiger partial charge in [-0.2, -0.15) is 0 Å². The molecule has 4 aromatic rings. The van der Waals surface area contributed by atoms with Crippen molar-refractivity contribution in [2.24, 2.45) is 0 Å². The molecular weight excluding hydrogens is 356 g/mol. The number of rotatable bonds is 3. The zero-order valence-corrected chi connectivity index (χ0v) is 15.5. The van der Waals surface area contributed by atoms with Gasteiger partial charge in [-0.3, -0.25) is 9.36 Å². The Labute approximate surface area is 162 Å². The molecule has 4 rings (SSSR count). The fourth-order valence-corrected chi connectivity index (χ4v) is 3.25. The van der Waals surface area contributed by atoms with Crippen LogP contribution in [0.2, 0.25) is 5.02 Å². The van der Waals surface area contributed by atoms with E-state index >= 15 is 0 Å². The van der Waals surface area contributed by atoms with Gasteiger partial charge in [-0.1, -0.05) is 54.1 Å². The minimum absolute atomic E-state index is 0.0926. The fraction of sp³-hybridized carbons (Fsp3) is 0.0435. The summed E-state index contributed by atoms with van der Waals surface area (Å²) in [5, 5.41) is 1.24. The lowest BCUT2D eigenvalue weighted by molar-refractivity contribution is 0.942. The van der Waals surface area contributed by atoms with Gasteiger partial charge >= 0.3 is 0 Å². The summed E-state index contributed by atoms with van der Waals surface area (Å²) < 4.78 is 1.64. The Morgan fingerprint density at radius 1 is 0.926 bits per heavy atom. The van der Waals surface area contributed by atoms with Crippen molar-refractivity contribution in [3.05, 3.63) is 105 Å². The van der Waals surface area contributed by atoms with E-state index in [0.29, 0.717) is 21.7 Å². The van der Waals surface area contributed by atoms with Crippen LogP contribution in [0.4, 0.5) is 0 Å². The van der Waals surface area contributed by atoms with E-state index in [0.717, 1.165) is 16.8 Å². The summed E-state index contributed by atoms with van der Waals surface area (Å²) in [6.45, 7) is 2.00. The number of hydrogen-bond donors (Lipinski definition) is 0. The molecule has 0 saturated heterocycles. The first kappa shape index (κ1) is 17.3. The van der Waals surface area contributed by atoms with Crippen molar-refractivity contribution in [3.8, 4) is 5.69 Å². The molecule has 4 heteroatoms. The molecular formula is C23H17ClN2O. The van der Waals surface area contributed by atoms with E-state index < -0.39 is 0 Å². The zero-order valence-electron chi connectivity index (χ0n) is 14.8. The molecule has 0 fully saturated rings. The van der Waals surface area contributed by atoms with Crippen LogP contribution < -0.4 is 5.56 Å². The Morgan fingerprint density at radius 3 is 2.52 bits per heavy atom. The first-order valence-electron chi connectivity index (χ1n) is 8.65. The third-order valence-corrected chi connectivity index (χ3v) is 4.72. The molecule has 0 unspecified atom stereocenters. The summed E-state index contributed by atoms with van der Waals surface area (Å²) in [6.07, 6.45) is 3.71. The standard InChI is InChI=1S/C23H17ClN2O/c1-16-7-6-9-18(15-16)26-22(14-13-17-8-2-4-11-20(17)24)25-21-12-5-3-10-19(21)23(26)27/h2-15H,1H3. The van der Waals surface area contributed by atoms with Crippen LogP contribution in [0, 0.1) is 6.92 Å². The number of aromatic nitrogens is 2. The third kappa shape index (κ3) is 3.42. The highest BCUT2D eigenvalue weighted by atomic mass is 35.5. The first-order valence-corrected chi connectivity index (χ1v) is 9.03. The van der Waals surface area contributed by atoms with Gasteiger partial charge in [-0.05, 0) is 60.5 Å². The molecule has 0 aliphatic heterocycles. The molecule has 0 aliphatic carbocycles. The predicted molar refractivity (Wildman–Crippen MR) is 112 cm³/mol. The SMILES string of the molecule is Cc1cccc(-n2c(C=Cc3ccccc3Cl)nc3ccccc3c2=O)c1. The summed E-state index contributed by atoms with van der Waals surface area (Å²) in [7, 11) is 0. The average molecular weight is 373 g/mol. The highest BCUT2D eigenvalue weighted by Crippen LogP contribution is 2.19. The van der Waals surface area contributed by atoms with Crippen LogP contribution in [-0.2, 0) is 0 Å². The van der Waals surface area contributed by atoms with Gasteiger partial charge in [-0.25, -0.2) is 4.98 Å². The second-order valence-corrected chi connectivity index (χ2v) is 6.73. The average Bonchev–Trinajstić information content (AvgIpc) is 2.67. The predicted octanol–water partition coefficient (Wildman–Crippen LogP) is 5.52. The van der Waals surface area contributed by atoms with Crippen molar-refractivity contribution in [2.75, 3.05) is 0 Å². The van der Waals surface area contributed by atoms with E-state index in [2.05, 4.69) is 0 Å². The fourth-order valence-electron chi connectivity index (χ4n) is 3.05. The number of benzene rings is 3. The van der Waals surface area contributed by atoms with E-state index in [1.165, 1.54) is 0 Å². The van der Waals surface area contributed by atoms with E-state index in [1.807, 2.05) is 85.8 Å². The highest BCUT2D eigenvalue weighted by Gasteiger charge is 2.11. The Hall–Kier alpha value is -3.17. The molecule has 0 saturated carbocycles. The second-order valence-electron chi connectivity index (χ2n) is 6.32. The lowest BCUT2D eigenvalue weighted by Crippen LogP contribution is -2.22. The molecule has 0 amide bonds. The molecule has 0 spiro atoms. The van der Waals surface area contributed by atoms with Gasteiger partial charge in [0.15, 0.2) is 0 Å². The number of hydrogen-bond acceptors (Lipinski definition) is 2. The van der Waals surface area contributed by atoms with Crippen LogP contribution in [0.1, 0.15) is 17.0 Å². The van der Waals surface area contributed by atoms with E-state index in [1.54, 1.807) is 10.6 Å². The van der Waals surface area contributed by atoms with E-state index in [9.17, 15) is 4.79 Å². The van der Waals surface area contributed by atoms with Crippen molar-refractivity contribution in [1.29, 1.82) is 0 Å². The van der Waals surface area contributed by atoms with Crippen LogP contribution in [-0.4, -0.2) is 9.55 Å². The Bertz CT molecular complexity index is 1220. The van der Waals surface area contributed by atoms with Gasteiger partial charge in [0.1, 0.15) is 5.82 Å². The molecule has 3 aromatic carbocycles. The van der Waals surface area contributed by atoms with Crippen molar-refractivity contribution in [3.63, 3.8) is 0 Å². The van der Waals surface area contributed by atoms with Gasteiger partial charge in [0.2, 0.25) is 0 Å². The Kier molecular flexibility index (Phi) is 4.61. The van der Waals surface area contributed by atoms with E-state index in [4.69, 9.17) is 16.6 Å². The van der Waals surface area contributed by atoms with Gasteiger partial charge in [0.05, 0.1) is 16.6 Å². The van der Waals surface area contributed by atoms with Crippen molar-refractivity contribution < 1.29 is 0 Å². The second kappa shape index (κ2) is 7.22. The van der Waals surface area contributed by atoms with Crippen molar-refractivity contribution in [2.45, 2.75) is 6.92 Å². The monoisotopic (exact) mass is 372 g/mol. The summed E-state index contributed by atoms with van der Waals surface area (Å²) in [5.74, 6) is 0.559. The molecule has 0 aliphatic rings. The number of fused-ring (bicyclic) bond motifs is 1. The largest absolute Gasteiger partial charge is 0.268 e. The van der Waals surface area contributed by atoms with Crippen LogP contribution in [0.15, 0.2) is 77.6 Å². The zero-order chi connectivity index (χ0) is 18.8. The summed E-state index contributed by atoms with van der Waals surface area (Å²) in [5.41, 5.74) is 3.32. The quantitative estimate of drug-likeness (QED) is 0.474. The Morgan fingerprint density at radius 2 is 1.70 bits per heavy atom. The maximum Gasteiger partial charge on any atom is 0.266 e. The van der Waals surface area contributed by atoms with Gasteiger partial charge in [-0.15, -0.1) is 0 Å². The van der Waals surface area contributed by atoms with E-state index in [-0.39, 0.29) is 5.56 Å². The Balaban J connectivity index is 1.97. The molecule has 0 N–H and O–H groups in total. The van der Waals surface area contributed by atoms with Gasteiger partial charge < -0.3 is 0 Å². The molecule has 0 bridgehead atoms. The number of para-hydroxylation sites is 1. The maximum absolute atomic E-state index is 13.2. The normalized spacial score (nSPS) is 11.3. The van der Waals surface area contributed by atoms with Crippen molar-refractivity contribution in [1.82, 2.24) is 9.55 Å². The third-order valence-electron chi connectivity index (χ3n) is 4.38. The minimum Gasteiger partial charge on any atom is -0.268 e. The first-order chi connectivity index (χ1) is 13.1. The molecule has 1 aromatic heterocycles. The summed E-state index contributed by atoms with van der Waals surface area (Å²) in [6, 6.07) is 22.8. The lowest BCUT2D eigenvalue weighted by Gasteiger charge is -2.12. The molecule has 3 nitrogen and oxygen atoms in total. The molecule has 0 atom stereocenters. The molecule has 132 valence electrons. The smallest absolute Gasteiger partial charge is 0.266 e. The van der Waals surface area contributed by atoms with Crippen LogP contribution >= 0.6 is 11.6 Å². The van der Waals surface area contributed by atoms with Crippen LogP contribution in [0.5, 0.6) is 0 Å². The molecule has 27 heavy (non-hydrogen) atoms. The summed E-state index contributed by atoms with van der Waals surface area (Å²) in [4.78, 5) is 17.9. The minimum atomic E-state index is -0.0926. The summed E-state index contributed by atoms with van der Waals surface area (Å²) >= 11 is 6.25. The lowest BCUT2D eigenvalue weighted by atomic mass is 10.2. The highest BCUT2D eigenvalue weighted by molar-refractivity contribution is 6.32. The topological polar surface area (TPSA) is 34.9 Å². The number of aryl methyl sites for hydroxylation is 1. The molecule has 1 heterocycles. The van der Waals surface area contributed by atoms with Gasteiger partial charge in [0.25, 0.3) is 5.56 Å². The maximum atomic E-state index is 13.2. The van der Waals surface area contributed by atoms with Gasteiger partial charge in [0, 0.05) is 5.02 Å². The van der Waals surface area contributed by atoms with Crippen molar-refractivity contribution >= 4 is 34.7 Å². The van der Waals surface area contributed by atoms with Crippen LogP contribution in [0.25, 0.3) is 28.7 Å². The van der Waals surface area contributed by atoms with Crippen LogP contribution in [0.3, 0.4) is 0 Å². The number of halogens is 1.